The van der Waals surface area contributed by atoms with E-state index in [2.05, 4.69) is 24.1 Å². The molecule has 0 aromatic carbocycles. The monoisotopic (exact) mass is 296 g/mol. The van der Waals surface area contributed by atoms with E-state index in [1.165, 1.54) is 6.42 Å². The molecule has 0 aliphatic carbocycles. The lowest BCUT2D eigenvalue weighted by Crippen LogP contribution is -2.28. The molecule has 120 valence electrons. The summed E-state index contributed by atoms with van der Waals surface area (Å²) in [5.41, 5.74) is 7.40. The molecule has 0 bridgehead atoms. The van der Waals surface area contributed by atoms with Crippen LogP contribution in [0.2, 0.25) is 0 Å². The summed E-state index contributed by atoms with van der Waals surface area (Å²) in [7, 11) is 5.77. The molecule has 2 heterocycles. The van der Waals surface area contributed by atoms with Crippen LogP contribution in [0.15, 0.2) is 6.20 Å². The summed E-state index contributed by atoms with van der Waals surface area (Å²) in [4.78, 5) is 2.13. The number of rotatable bonds is 7. The van der Waals surface area contributed by atoms with Gasteiger partial charge in [0.05, 0.1) is 37.7 Å². The lowest BCUT2D eigenvalue weighted by molar-refractivity contribution is 0.00674. The highest BCUT2D eigenvalue weighted by atomic mass is 16.5. The minimum atomic E-state index is -0.104. The molecule has 2 unspecified atom stereocenters. The van der Waals surface area contributed by atoms with Gasteiger partial charge < -0.3 is 20.1 Å². The Balaban J connectivity index is 2.05. The van der Waals surface area contributed by atoms with E-state index >= 15 is 0 Å². The first kappa shape index (κ1) is 16.3. The van der Waals surface area contributed by atoms with Gasteiger partial charge >= 0.3 is 0 Å². The van der Waals surface area contributed by atoms with E-state index in [0.717, 1.165) is 50.4 Å². The van der Waals surface area contributed by atoms with E-state index in [1.807, 2.05) is 4.68 Å². The zero-order chi connectivity index (χ0) is 15.2. The van der Waals surface area contributed by atoms with Gasteiger partial charge in [0.15, 0.2) is 5.75 Å². The lowest BCUT2D eigenvalue weighted by atomic mass is 10.00. The summed E-state index contributed by atoms with van der Waals surface area (Å²) in [5.74, 6) is 0.775. The predicted molar refractivity (Wildman–Crippen MR) is 82.5 cm³/mol. The molecule has 21 heavy (non-hydrogen) atoms. The van der Waals surface area contributed by atoms with Gasteiger partial charge in [-0.3, -0.25) is 4.68 Å². The Morgan fingerprint density at radius 1 is 1.52 bits per heavy atom. The van der Waals surface area contributed by atoms with Crippen molar-refractivity contribution < 1.29 is 9.47 Å². The third-order valence-corrected chi connectivity index (χ3v) is 3.97. The van der Waals surface area contributed by atoms with Gasteiger partial charge in [0, 0.05) is 13.2 Å². The van der Waals surface area contributed by atoms with Crippen LogP contribution in [0.1, 0.15) is 37.4 Å². The molecule has 1 aromatic rings. The van der Waals surface area contributed by atoms with Gasteiger partial charge in [0.1, 0.15) is 0 Å². The van der Waals surface area contributed by atoms with Gasteiger partial charge in [-0.15, -0.1) is 0 Å². The molecule has 6 nitrogen and oxygen atoms in total. The summed E-state index contributed by atoms with van der Waals surface area (Å²) >= 11 is 0. The van der Waals surface area contributed by atoms with E-state index in [-0.39, 0.29) is 12.1 Å². The van der Waals surface area contributed by atoms with Gasteiger partial charge in [-0.1, -0.05) is 0 Å². The van der Waals surface area contributed by atoms with Crippen molar-refractivity contribution in [1.29, 1.82) is 0 Å². The van der Waals surface area contributed by atoms with Crippen LogP contribution in [-0.4, -0.2) is 55.1 Å². The highest BCUT2D eigenvalue weighted by molar-refractivity contribution is 5.28. The minimum Gasteiger partial charge on any atom is -0.493 e. The van der Waals surface area contributed by atoms with Crippen LogP contribution in [0.5, 0.6) is 5.75 Å². The number of hydrogen-bond donors (Lipinski definition) is 1. The average Bonchev–Trinajstić information content (AvgIpc) is 2.89. The summed E-state index contributed by atoms with van der Waals surface area (Å²) in [5, 5.41) is 4.42. The van der Waals surface area contributed by atoms with Gasteiger partial charge in [-0.2, -0.15) is 5.10 Å². The normalized spacial score (nSPS) is 20.7. The number of nitrogens with zero attached hydrogens (tertiary/aromatic N) is 3. The second kappa shape index (κ2) is 7.77. The smallest absolute Gasteiger partial charge is 0.161 e. The largest absolute Gasteiger partial charge is 0.493 e. The molecule has 1 aliphatic rings. The minimum absolute atomic E-state index is 0.104. The van der Waals surface area contributed by atoms with Crippen LogP contribution in [-0.2, 0) is 11.3 Å². The van der Waals surface area contributed by atoms with Gasteiger partial charge in [0.2, 0.25) is 0 Å². The molecule has 2 atom stereocenters. The summed E-state index contributed by atoms with van der Waals surface area (Å²) in [6.07, 6.45) is 6.33. The topological polar surface area (TPSA) is 65.5 Å². The number of methoxy groups -OCH3 is 1. The van der Waals surface area contributed by atoms with Crippen molar-refractivity contribution in [2.24, 2.45) is 5.73 Å². The van der Waals surface area contributed by atoms with Crippen LogP contribution in [0.25, 0.3) is 0 Å². The van der Waals surface area contributed by atoms with Gasteiger partial charge in [0.25, 0.3) is 0 Å². The van der Waals surface area contributed by atoms with Crippen LogP contribution in [0.4, 0.5) is 0 Å². The van der Waals surface area contributed by atoms with Gasteiger partial charge in [-0.05, 0) is 39.8 Å². The van der Waals surface area contributed by atoms with E-state index in [1.54, 1.807) is 13.3 Å². The van der Waals surface area contributed by atoms with E-state index in [9.17, 15) is 0 Å². The molecule has 0 spiro atoms. The second-order valence-corrected chi connectivity index (χ2v) is 5.96. The molecule has 0 radical (unpaired) electrons. The second-order valence-electron chi connectivity index (χ2n) is 5.96. The van der Waals surface area contributed by atoms with E-state index < -0.39 is 0 Å². The molecule has 1 aliphatic heterocycles. The Hall–Kier alpha value is -1.11. The lowest BCUT2D eigenvalue weighted by Gasteiger charge is -2.26. The molecule has 1 saturated heterocycles. The highest BCUT2D eigenvalue weighted by Gasteiger charge is 2.24. The molecule has 0 amide bonds. The maximum absolute atomic E-state index is 6.42. The molecule has 2 rings (SSSR count). The maximum Gasteiger partial charge on any atom is 0.161 e. The molecule has 0 saturated carbocycles. The number of likely N-dealkylation sites (N-methyl/N-ethyl adjacent to an activating group) is 1. The van der Waals surface area contributed by atoms with Crippen LogP contribution >= 0.6 is 0 Å². The Bertz CT molecular complexity index is 427. The van der Waals surface area contributed by atoms with Crippen molar-refractivity contribution in [3.8, 4) is 5.75 Å². The number of nitrogens with two attached hydrogens (primary N) is 1. The van der Waals surface area contributed by atoms with Crippen molar-refractivity contribution in [3.05, 3.63) is 11.9 Å². The van der Waals surface area contributed by atoms with Crippen molar-refractivity contribution in [1.82, 2.24) is 14.7 Å². The predicted octanol–water partition coefficient (Wildman–Crippen LogP) is 1.41. The zero-order valence-electron chi connectivity index (χ0n) is 13.4. The first-order valence-electron chi connectivity index (χ1n) is 7.73. The molecule has 6 heteroatoms. The average molecular weight is 296 g/mol. The SMILES string of the molecule is COc1cnn(CCN(C)C)c1C(N)CC1CCCCO1. The first-order valence-corrected chi connectivity index (χ1v) is 7.73. The zero-order valence-corrected chi connectivity index (χ0v) is 13.4. The van der Waals surface area contributed by atoms with E-state index in [0.29, 0.717) is 0 Å². The van der Waals surface area contributed by atoms with Crippen LogP contribution in [0.3, 0.4) is 0 Å². The van der Waals surface area contributed by atoms with Crippen LogP contribution < -0.4 is 10.5 Å². The highest BCUT2D eigenvalue weighted by Crippen LogP contribution is 2.29. The Labute approximate surface area is 127 Å². The molecule has 1 aromatic heterocycles. The third kappa shape index (κ3) is 4.43. The molecular formula is C15H28N4O2. The Morgan fingerprint density at radius 2 is 2.33 bits per heavy atom. The summed E-state index contributed by atoms with van der Waals surface area (Å²) in [6.45, 7) is 2.59. The van der Waals surface area contributed by atoms with Crippen LogP contribution in [0, 0.1) is 0 Å². The van der Waals surface area contributed by atoms with Gasteiger partial charge in [-0.25, -0.2) is 0 Å². The molecule has 2 N–H and O–H groups in total. The quantitative estimate of drug-likeness (QED) is 0.824. The number of aromatic nitrogens is 2. The fourth-order valence-corrected chi connectivity index (χ4v) is 2.77. The summed E-state index contributed by atoms with van der Waals surface area (Å²) < 4.78 is 13.2. The standard InChI is InChI=1S/C15H28N4O2/c1-18(2)7-8-19-15(14(20-3)11-17-19)13(16)10-12-6-4-5-9-21-12/h11-13H,4-10,16H2,1-3H3. The molecule has 1 fully saturated rings. The van der Waals surface area contributed by atoms with Crippen molar-refractivity contribution >= 4 is 0 Å². The fourth-order valence-electron chi connectivity index (χ4n) is 2.77. The van der Waals surface area contributed by atoms with Crippen molar-refractivity contribution in [3.63, 3.8) is 0 Å². The first-order chi connectivity index (χ1) is 10.1. The maximum atomic E-state index is 6.42. The third-order valence-electron chi connectivity index (χ3n) is 3.97. The summed E-state index contributed by atoms with van der Waals surface area (Å²) in [6, 6.07) is -0.104. The number of hydrogen-bond acceptors (Lipinski definition) is 5. The van der Waals surface area contributed by atoms with Crippen molar-refractivity contribution in [2.45, 2.75) is 44.4 Å². The van der Waals surface area contributed by atoms with E-state index in [4.69, 9.17) is 15.2 Å². The van der Waals surface area contributed by atoms with Crippen molar-refractivity contribution in [2.75, 3.05) is 34.4 Å². The Kier molecular flexibility index (Phi) is 6.02. The number of ether oxygens (including phenoxy) is 2. The molecular weight excluding hydrogens is 268 g/mol. The Morgan fingerprint density at radius 3 is 2.95 bits per heavy atom. The fraction of sp³-hybridized carbons (Fsp3) is 0.800.